The predicted molar refractivity (Wildman–Crippen MR) is 49.7 cm³/mol. The molecule has 0 aromatic carbocycles. The molecule has 0 saturated heterocycles. The monoisotopic (exact) mass is 181 g/mol. The molecule has 0 amide bonds. The highest BCUT2D eigenvalue weighted by molar-refractivity contribution is 7.05. The summed E-state index contributed by atoms with van der Waals surface area (Å²) in [4.78, 5) is 0.930. The second kappa shape index (κ2) is 4.19. The summed E-state index contributed by atoms with van der Waals surface area (Å²) in [6.45, 7) is 2.09. The zero-order valence-corrected chi connectivity index (χ0v) is 7.77. The van der Waals surface area contributed by atoms with Gasteiger partial charge >= 0.3 is 0 Å². The summed E-state index contributed by atoms with van der Waals surface area (Å²) in [5.74, 6) is 2.47. The van der Waals surface area contributed by atoms with E-state index in [0.29, 0.717) is 0 Å². The lowest BCUT2D eigenvalue weighted by Gasteiger charge is -2.00. The van der Waals surface area contributed by atoms with Gasteiger partial charge < -0.3 is 5.73 Å². The van der Waals surface area contributed by atoms with E-state index in [0.717, 1.165) is 23.4 Å². The van der Waals surface area contributed by atoms with Crippen molar-refractivity contribution < 1.29 is 0 Å². The van der Waals surface area contributed by atoms with Crippen LogP contribution in [0.2, 0.25) is 0 Å². The fourth-order valence-electron chi connectivity index (χ4n) is 0.938. The molecular weight excluding hydrogens is 170 g/mol. The van der Waals surface area contributed by atoms with Gasteiger partial charge in [-0.1, -0.05) is 23.8 Å². The molecule has 0 bridgehead atoms. The SMILES string of the molecule is C#CC(N)c1snnc1CCC. The highest BCUT2D eigenvalue weighted by Gasteiger charge is 2.12. The van der Waals surface area contributed by atoms with Crippen LogP contribution in [0.15, 0.2) is 0 Å². The Hall–Kier alpha value is -0.920. The van der Waals surface area contributed by atoms with Crippen LogP contribution < -0.4 is 5.73 Å². The molecule has 1 rings (SSSR count). The first-order chi connectivity index (χ1) is 5.79. The number of aromatic nitrogens is 2. The van der Waals surface area contributed by atoms with Crippen molar-refractivity contribution in [1.29, 1.82) is 0 Å². The van der Waals surface area contributed by atoms with Crippen LogP contribution in [0.3, 0.4) is 0 Å². The number of nitrogens with two attached hydrogens (primary N) is 1. The fraction of sp³-hybridized carbons (Fsp3) is 0.500. The molecular formula is C8H11N3S. The number of aryl methyl sites for hydroxylation is 1. The van der Waals surface area contributed by atoms with Gasteiger partial charge in [-0.3, -0.25) is 0 Å². The number of hydrogen-bond acceptors (Lipinski definition) is 4. The Labute approximate surface area is 76.1 Å². The summed E-state index contributed by atoms with van der Waals surface area (Å²) in [5.41, 5.74) is 6.62. The van der Waals surface area contributed by atoms with Gasteiger partial charge in [-0.05, 0) is 18.0 Å². The largest absolute Gasteiger partial charge is 0.313 e. The molecule has 64 valence electrons. The molecule has 1 aromatic rings. The van der Waals surface area contributed by atoms with Gasteiger partial charge in [0.1, 0.15) is 6.04 Å². The Balaban J connectivity index is 2.85. The molecule has 0 saturated carbocycles. The van der Waals surface area contributed by atoms with Gasteiger partial charge in [0.25, 0.3) is 0 Å². The van der Waals surface area contributed by atoms with Crippen LogP contribution in [0.5, 0.6) is 0 Å². The second-order valence-corrected chi connectivity index (χ2v) is 3.26. The average molecular weight is 181 g/mol. The van der Waals surface area contributed by atoms with E-state index in [2.05, 4.69) is 22.4 Å². The minimum absolute atomic E-state index is 0.341. The quantitative estimate of drug-likeness (QED) is 0.711. The molecule has 0 radical (unpaired) electrons. The fourth-order valence-corrected chi connectivity index (χ4v) is 1.59. The Morgan fingerprint density at radius 3 is 3.08 bits per heavy atom. The Kier molecular flexibility index (Phi) is 3.20. The molecule has 2 N–H and O–H groups in total. The molecule has 1 atom stereocenters. The summed E-state index contributed by atoms with van der Waals surface area (Å²) >= 11 is 1.29. The number of nitrogens with zero attached hydrogens (tertiary/aromatic N) is 2. The van der Waals surface area contributed by atoms with Crippen LogP contribution >= 0.6 is 11.5 Å². The number of rotatable bonds is 3. The first-order valence-corrected chi connectivity index (χ1v) is 4.59. The van der Waals surface area contributed by atoms with Crippen LogP contribution in [-0.2, 0) is 6.42 Å². The lowest BCUT2D eigenvalue weighted by atomic mass is 10.1. The maximum Gasteiger partial charge on any atom is 0.105 e. The maximum absolute atomic E-state index is 5.66. The normalized spacial score (nSPS) is 12.4. The molecule has 1 heterocycles. The molecule has 0 spiro atoms. The van der Waals surface area contributed by atoms with E-state index in [1.54, 1.807) is 0 Å². The average Bonchev–Trinajstić information content (AvgIpc) is 2.52. The molecule has 3 nitrogen and oxygen atoms in total. The molecule has 0 aliphatic carbocycles. The van der Waals surface area contributed by atoms with Crippen molar-refractivity contribution in [1.82, 2.24) is 9.59 Å². The zero-order chi connectivity index (χ0) is 8.97. The van der Waals surface area contributed by atoms with Crippen molar-refractivity contribution in [2.45, 2.75) is 25.8 Å². The highest BCUT2D eigenvalue weighted by atomic mass is 32.1. The molecule has 0 aliphatic heterocycles. The van der Waals surface area contributed by atoms with Crippen molar-refractivity contribution >= 4 is 11.5 Å². The lowest BCUT2D eigenvalue weighted by Crippen LogP contribution is -2.07. The number of hydrogen-bond donors (Lipinski definition) is 1. The van der Waals surface area contributed by atoms with Crippen LogP contribution in [0.4, 0.5) is 0 Å². The summed E-state index contributed by atoms with van der Waals surface area (Å²) in [6.07, 6.45) is 7.15. The topological polar surface area (TPSA) is 51.8 Å². The van der Waals surface area contributed by atoms with E-state index in [-0.39, 0.29) is 6.04 Å². The summed E-state index contributed by atoms with van der Waals surface area (Å²) < 4.78 is 3.83. The zero-order valence-electron chi connectivity index (χ0n) is 6.95. The minimum atomic E-state index is -0.341. The van der Waals surface area contributed by atoms with Crippen molar-refractivity contribution in [2.24, 2.45) is 5.73 Å². The van der Waals surface area contributed by atoms with Gasteiger partial charge in [0, 0.05) is 0 Å². The van der Waals surface area contributed by atoms with E-state index in [1.165, 1.54) is 11.5 Å². The standard InChI is InChI=1S/C8H11N3S/c1-3-5-7-8(6(9)4-2)12-11-10-7/h2,6H,3,5,9H2,1H3. The second-order valence-electron chi connectivity index (χ2n) is 2.48. The molecule has 1 aromatic heterocycles. The third-order valence-electron chi connectivity index (χ3n) is 1.53. The van der Waals surface area contributed by atoms with Crippen LogP contribution in [0.25, 0.3) is 0 Å². The van der Waals surface area contributed by atoms with E-state index in [1.807, 2.05) is 0 Å². The molecule has 12 heavy (non-hydrogen) atoms. The van der Waals surface area contributed by atoms with Gasteiger partial charge in [0.15, 0.2) is 0 Å². The smallest absolute Gasteiger partial charge is 0.105 e. The Morgan fingerprint density at radius 2 is 2.50 bits per heavy atom. The van der Waals surface area contributed by atoms with E-state index in [4.69, 9.17) is 12.2 Å². The van der Waals surface area contributed by atoms with Gasteiger partial charge in [0.05, 0.1) is 10.6 Å². The molecule has 1 unspecified atom stereocenters. The van der Waals surface area contributed by atoms with E-state index < -0.39 is 0 Å². The van der Waals surface area contributed by atoms with Crippen LogP contribution in [0, 0.1) is 12.3 Å². The van der Waals surface area contributed by atoms with Crippen LogP contribution in [0.1, 0.15) is 30.0 Å². The Bertz CT molecular complexity index is 287. The first kappa shape index (κ1) is 9.17. The van der Waals surface area contributed by atoms with Crippen molar-refractivity contribution in [3.05, 3.63) is 10.6 Å². The highest BCUT2D eigenvalue weighted by Crippen LogP contribution is 2.18. The van der Waals surface area contributed by atoms with E-state index >= 15 is 0 Å². The third-order valence-corrected chi connectivity index (χ3v) is 2.38. The molecule has 4 heteroatoms. The van der Waals surface area contributed by atoms with Crippen molar-refractivity contribution in [2.75, 3.05) is 0 Å². The maximum atomic E-state index is 5.66. The Morgan fingerprint density at radius 1 is 1.75 bits per heavy atom. The van der Waals surface area contributed by atoms with E-state index in [9.17, 15) is 0 Å². The molecule has 0 fully saturated rings. The van der Waals surface area contributed by atoms with Gasteiger partial charge in [-0.2, -0.15) is 0 Å². The van der Waals surface area contributed by atoms with Crippen molar-refractivity contribution in [3.63, 3.8) is 0 Å². The van der Waals surface area contributed by atoms with Crippen molar-refractivity contribution in [3.8, 4) is 12.3 Å². The van der Waals surface area contributed by atoms with Crippen LogP contribution in [-0.4, -0.2) is 9.59 Å². The predicted octanol–water partition coefficient (Wildman–Crippen LogP) is 1.12. The molecule has 0 aliphatic rings. The summed E-state index contributed by atoms with van der Waals surface area (Å²) in [7, 11) is 0. The third kappa shape index (κ3) is 1.81. The summed E-state index contributed by atoms with van der Waals surface area (Å²) in [5, 5.41) is 3.97. The van der Waals surface area contributed by atoms with Gasteiger partial charge in [-0.15, -0.1) is 11.5 Å². The minimum Gasteiger partial charge on any atom is -0.313 e. The number of terminal acetylenes is 1. The lowest BCUT2D eigenvalue weighted by molar-refractivity contribution is 0.835. The van der Waals surface area contributed by atoms with Gasteiger partial charge in [0.2, 0.25) is 0 Å². The first-order valence-electron chi connectivity index (χ1n) is 3.82. The van der Waals surface area contributed by atoms with Gasteiger partial charge in [-0.25, -0.2) is 0 Å². The summed E-state index contributed by atoms with van der Waals surface area (Å²) in [6, 6.07) is -0.341.